The molecule has 1 heterocycles. The lowest BCUT2D eigenvalue weighted by atomic mass is 9.63. The summed E-state index contributed by atoms with van der Waals surface area (Å²) >= 11 is 0. The fraction of sp³-hybridized carbons (Fsp3) is 0.182. The van der Waals surface area contributed by atoms with Gasteiger partial charge >= 0.3 is 0 Å². The third-order valence-electron chi connectivity index (χ3n) is 5.70. The number of carbonyl (C=O) groups excluding carboxylic acids is 1. The molecule has 1 aliphatic rings. The molecule has 31 heavy (non-hydrogen) atoms. The number of benzene rings is 2. The van der Waals surface area contributed by atoms with E-state index < -0.39 is 22.3 Å². The van der Waals surface area contributed by atoms with Crippen LogP contribution < -0.4 is 16.2 Å². The van der Waals surface area contributed by atoms with E-state index in [0.717, 1.165) is 36.0 Å². The molecule has 1 aromatic heterocycles. The molecule has 1 fully saturated rings. The Kier molecular flexibility index (Phi) is 5.62. The molecule has 0 saturated heterocycles. The van der Waals surface area contributed by atoms with Crippen LogP contribution >= 0.6 is 0 Å². The van der Waals surface area contributed by atoms with Crippen LogP contribution in [0.1, 0.15) is 35.2 Å². The molecule has 0 aliphatic heterocycles. The number of rotatable bonds is 5. The molecule has 1 amide bonds. The third-order valence-corrected chi connectivity index (χ3v) is 6.41. The van der Waals surface area contributed by atoms with Crippen LogP contribution in [-0.4, -0.2) is 25.9 Å². The average molecular weight is 435 g/mol. The van der Waals surface area contributed by atoms with Crippen LogP contribution in [0.25, 0.3) is 11.1 Å². The number of amidine groups is 1. The highest BCUT2D eigenvalue weighted by Crippen LogP contribution is 2.44. The molecule has 4 rings (SSSR count). The third kappa shape index (κ3) is 4.10. The Morgan fingerprint density at radius 1 is 1.06 bits per heavy atom. The molecule has 0 bridgehead atoms. The molecule has 3 aromatic rings. The van der Waals surface area contributed by atoms with Crippen molar-refractivity contribution in [3.05, 3.63) is 72.1 Å². The van der Waals surface area contributed by atoms with Gasteiger partial charge in [0.1, 0.15) is 16.8 Å². The first kappa shape index (κ1) is 20.8. The summed E-state index contributed by atoms with van der Waals surface area (Å²) in [7, 11) is -1.67. The van der Waals surface area contributed by atoms with Crippen molar-refractivity contribution in [2.24, 2.45) is 5.14 Å². The summed E-state index contributed by atoms with van der Waals surface area (Å²) in [5.74, 6) is -0.0352. The molecule has 158 valence electrons. The Hall–Kier alpha value is -3.43. The van der Waals surface area contributed by atoms with E-state index in [1.54, 1.807) is 30.6 Å². The van der Waals surface area contributed by atoms with Gasteiger partial charge in [-0.05, 0) is 42.2 Å². The van der Waals surface area contributed by atoms with Crippen molar-refractivity contribution in [2.45, 2.75) is 29.6 Å². The first-order chi connectivity index (χ1) is 14.9. The zero-order valence-electron chi connectivity index (χ0n) is 16.7. The Bertz CT molecular complexity index is 1160. The van der Waals surface area contributed by atoms with Gasteiger partial charge in [-0.1, -0.05) is 36.8 Å². The summed E-state index contributed by atoms with van der Waals surface area (Å²) in [4.78, 5) is 21.1. The van der Waals surface area contributed by atoms with Crippen LogP contribution in [0.15, 0.2) is 65.8 Å². The van der Waals surface area contributed by atoms with E-state index in [9.17, 15) is 9.00 Å². The van der Waals surface area contributed by atoms with Gasteiger partial charge in [0.05, 0.1) is 10.3 Å². The SMILES string of the molecule is N=C(NC(=O)c1cccc(S(N)=O)c1)C1(c2ccc(-c3cnc(N)nc3)cc2)CCC1. The van der Waals surface area contributed by atoms with Gasteiger partial charge in [-0.15, -0.1) is 0 Å². The molecule has 8 nitrogen and oxygen atoms in total. The van der Waals surface area contributed by atoms with Gasteiger partial charge in [0.25, 0.3) is 5.91 Å². The lowest BCUT2D eigenvalue weighted by Gasteiger charge is -2.42. The number of nitrogens with zero attached hydrogens (tertiary/aromatic N) is 2. The lowest BCUT2D eigenvalue weighted by Crippen LogP contribution is -2.50. The van der Waals surface area contributed by atoms with Crippen molar-refractivity contribution < 1.29 is 9.00 Å². The number of anilines is 1. The predicted octanol–water partition coefficient (Wildman–Crippen LogP) is 2.54. The van der Waals surface area contributed by atoms with Crippen molar-refractivity contribution in [1.29, 1.82) is 5.41 Å². The van der Waals surface area contributed by atoms with Gasteiger partial charge in [0, 0.05) is 23.5 Å². The number of aromatic nitrogens is 2. The smallest absolute Gasteiger partial charge is 0.256 e. The number of nitrogens with one attached hydrogen (secondary N) is 2. The summed E-state index contributed by atoms with van der Waals surface area (Å²) < 4.78 is 11.5. The Morgan fingerprint density at radius 2 is 1.74 bits per heavy atom. The molecule has 1 atom stereocenters. The topological polar surface area (TPSA) is 148 Å². The summed E-state index contributed by atoms with van der Waals surface area (Å²) in [6.45, 7) is 0. The van der Waals surface area contributed by atoms with Gasteiger partial charge < -0.3 is 11.1 Å². The predicted molar refractivity (Wildman–Crippen MR) is 120 cm³/mol. The molecule has 0 radical (unpaired) electrons. The number of carbonyl (C=O) groups is 1. The summed E-state index contributed by atoms with van der Waals surface area (Å²) in [5.41, 5.74) is 8.10. The van der Waals surface area contributed by atoms with Gasteiger partial charge in [0.2, 0.25) is 5.95 Å². The minimum Gasteiger partial charge on any atom is -0.368 e. The van der Waals surface area contributed by atoms with Crippen LogP contribution in [0.5, 0.6) is 0 Å². The number of nitrogens with two attached hydrogens (primary N) is 2. The monoisotopic (exact) mass is 434 g/mol. The standard InChI is InChI=1S/C22H22N6O2S/c23-20(28-19(29)15-3-1-4-18(11-15)31(25)30)22(9-2-10-22)17-7-5-14(6-8-17)16-12-26-21(24)27-13-16/h1,3-8,11-13H,2,9-10,25H2,(H2,23,28,29)(H2,24,26,27). The van der Waals surface area contributed by atoms with Crippen molar-refractivity contribution >= 4 is 28.7 Å². The second kappa shape index (κ2) is 8.37. The maximum Gasteiger partial charge on any atom is 0.256 e. The quantitative estimate of drug-likeness (QED) is 0.360. The fourth-order valence-electron chi connectivity index (χ4n) is 3.75. The summed E-state index contributed by atoms with van der Waals surface area (Å²) in [6.07, 6.45) is 5.88. The highest BCUT2D eigenvalue weighted by atomic mass is 32.2. The van der Waals surface area contributed by atoms with E-state index >= 15 is 0 Å². The number of amides is 1. The van der Waals surface area contributed by atoms with Gasteiger partial charge in [-0.25, -0.2) is 19.3 Å². The first-order valence-corrected chi connectivity index (χ1v) is 11.0. The fourth-order valence-corrected chi connectivity index (χ4v) is 4.21. The minimum absolute atomic E-state index is 0.159. The van der Waals surface area contributed by atoms with Crippen molar-refractivity contribution in [1.82, 2.24) is 15.3 Å². The Labute approximate surface area is 182 Å². The van der Waals surface area contributed by atoms with E-state index in [1.807, 2.05) is 24.3 Å². The van der Waals surface area contributed by atoms with E-state index in [4.69, 9.17) is 16.3 Å². The van der Waals surface area contributed by atoms with E-state index in [0.29, 0.717) is 10.5 Å². The molecule has 9 heteroatoms. The Balaban J connectivity index is 1.54. The molecule has 2 aromatic carbocycles. The van der Waals surface area contributed by atoms with E-state index in [2.05, 4.69) is 15.3 Å². The largest absolute Gasteiger partial charge is 0.368 e. The van der Waals surface area contributed by atoms with Crippen molar-refractivity contribution in [3.8, 4) is 11.1 Å². The minimum atomic E-state index is -1.67. The summed E-state index contributed by atoms with van der Waals surface area (Å²) in [5, 5.41) is 16.8. The van der Waals surface area contributed by atoms with Gasteiger partial charge in [-0.2, -0.15) is 0 Å². The van der Waals surface area contributed by atoms with Crippen LogP contribution in [0, 0.1) is 5.41 Å². The van der Waals surface area contributed by atoms with Crippen LogP contribution in [0.4, 0.5) is 5.95 Å². The number of nitrogen functional groups attached to an aromatic ring is 1. The molecule has 0 spiro atoms. The van der Waals surface area contributed by atoms with E-state index in [1.165, 1.54) is 6.07 Å². The van der Waals surface area contributed by atoms with Gasteiger partial charge in [0.15, 0.2) is 0 Å². The molecular weight excluding hydrogens is 412 g/mol. The average Bonchev–Trinajstić information content (AvgIpc) is 2.74. The highest BCUT2D eigenvalue weighted by Gasteiger charge is 2.43. The second-order valence-electron chi connectivity index (χ2n) is 7.50. The first-order valence-electron chi connectivity index (χ1n) is 9.74. The zero-order valence-corrected chi connectivity index (χ0v) is 17.5. The maximum absolute atomic E-state index is 12.7. The normalized spacial score (nSPS) is 15.5. The van der Waals surface area contributed by atoms with Crippen LogP contribution in [-0.2, 0) is 16.4 Å². The zero-order chi connectivity index (χ0) is 22.0. The van der Waals surface area contributed by atoms with E-state index in [-0.39, 0.29) is 11.8 Å². The second-order valence-corrected chi connectivity index (χ2v) is 8.56. The molecule has 6 N–H and O–H groups in total. The maximum atomic E-state index is 12.7. The van der Waals surface area contributed by atoms with Crippen LogP contribution in [0.2, 0.25) is 0 Å². The number of hydrogen-bond acceptors (Lipinski definition) is 6. The Morgan fingerprint density at radius 3 is 2.32 bits per heavy atom. The molecular formula is C22H22N6O2S. The van der Waals surface area contributed by atoms with Crippen molar-refractivity contribution in [3.63, 3.8) is 0 Å². The molecule has 1 unspecified atom stereocenters. The highest BCUT2D eigenvalue weighted by molar-refractivity contribution is 7.82. The number of hydrogen-bond donors (Lipinski definition) is 4. The van der Waals surface area contributed by atoms with Crippen LogP contribution in [0.3, 0.4) is 0 Å². The van der Waals surface area contributed by atoms with Crippen molar-refractivity contribution in [2.75, 3.05) is 5.73 Å². The van der Waals surface area contributed by atoms with Gasteiger partial charge in [-0.3, -0.25) is 10.2 Å². The summed E-state index contributed by atoms with van der Waals surface area (Å²) in [6, 6.07) is 14.2. The molecule has 1 aliphatic carbocycles. The lowest BCUT2D eigenvalue weighted by molar-refractivity contribution is 0.0972. The molecule has 1 saturated carbocycles.